The minimum Gasteiger partial charge on any atom is -0.477 e. The molecule has 11 nitrogen and oxygen atoms in total. The van der Waals surface area contributed by atoms with Gasteiger partial charge in [0.15, 0.2) is 5.13 Å². The van der Waals surface area contributed by atoms with Gasteiger partial charge in [0.05, 0.1) is 12.2 Å². The molecule has 0 aliphatic carbocycles. The van der Waals surface area contributed by atoms with E-state index in [4.69, 9.17) is 9.63 Å². The van der Waals surface area contributed by atoms with Crippen LogP contribution in [0.4, 0.5) is 10.9 Å². The number of aromatic nitrogens is 4. The number of rotatable bonds is 7. The predicted molar refractivity (Wildman–Crippen MR) is 117 cm³/mol. The van der Waals surface area contributed by atoms with E-state index in [1.165, 1.54) is 6.92 Å². The number of nitrogens with one attached hydrogen (secondary N) is 2. The zero-order valence-corrected chi connectivity index (χ0v) is 17.8. The Hall–Kier alpha value is -3.90. The van der Waals surface area contributed by atoms with Crippen LogP contribution in [0.15, 0.2) is 35.0 Å². The molecular weight excluding hydrogens is 436 g/mol. The van der Waals surface area contributed by atoms with Crippen molar-refractivity contribution in [2.75, 3.05) is 17.2 Å². The fourth-order valence-corrected chi connectivity index (χ4v) is 3.80. The lowest BCUT2D eigenvalue weighted by molar-refractivity contribution is -0.123. The molecule has 1 amide bonds. The maximum atomic E-state index is 12.3. The number of carboxylic acid groups (broad SMARTS) is 1. The quantitative estimate of drug-likeness (QED) is 0.326. The summed E-state index contributed by atoms with van der Waals surface area (Å²) in [5, 5.41) is 30.4. The number of nitrogens with zero attached hydrogens (tertiary/aromatic N) is 4. The molecule has 0 unspecified atom stereocenters. The molecule has 32 heavy (non-hydrogen) atoms. The fourth-order valence-electron chi connectivity index (χ4n) is 2.99. The summed E-state index contributed by atoms with van der Waals surface area (Å²) in [6.07, 6.45) is 0.189. The van der Waals surface area contributed by atoms with Crippen molar-refractivity contribution in [1.82, 2.24) is 20.1 Å². The Morgan fingerprint density at radius 3 is 2.72 bits per heavy atom. The normalized spacial score (nSPS) is 12.0. The summed E-state index contributed by atoms with van der Waals surface area (Å²) in [4.78, 5) is 36.0. The third-order valence-corrected chi connectivity index (χ3v) is 5.60. The number of aromatic carboxylic acids is 1. The zero-order valence-electron chi connectivity index (χ0n) is 17.0. The van der Waals surface area contributed by atoms with E-state index >= 15 is 0 Å². The van der Waals surface area contributed by atoms with Crippen LogP contribution in [0, 0.1) is 13.8 Å². The lowest BCUT2D eigenvalue weighted by Crippen LogP contribution is -2.33. The average Bonchev–Trinajstić information content (AvgIpc) is 3.36. The molecule has 1 atom stereocenters. The Labute approximate surface area is 185 Å². The number of carboxylic acids is 1. The topological polar surface area (TPSA) is 163 Å². The van der Waals surface area contributed by atoms with Gasteiger partial charge in [-0.15, -0.1) is 0 Å². The van der Waals surface area contributed by atoms with E-state index in [-0.39, 0.29) is 22.2 Å². The highest BCUT2D eigenvalue weighted by Gasteiger charge is 2.20. The van der Waals surface area contributed by atoms with Crippen LogP contribution < -0.4 is 10.6 Å². The standard InChI is InChI=1S/C20H18N6O5S/c1-9-15(19(29)30)32-20(23-9)25-18(28)14(27)8-22-17-13-7-12(16-24-10(2)31-26-16)4-3-11(13)5-6-21-17/h3-7,14,27H,8H2,1-2H3,(H,21,22)(H,29,30)(H,23,25,28)/t14-/m1/s1. The van der Waals surface area contributed by atoms with Gasteiger partial charge in [0.1, 0.15) is 16.8 Å². The highest BCUT2D eigenvalue weighted by molar-refractivity contribution is 7.17. The maximum Gasteiger partial charge on any atom is 0.347 e. The average molecular weight is 454 g/mol. The van der Waals surface area contributed by atoms with Crippen molar-refractivity contribution in [2.45, 2.75) is 20.0 Å². The lowest BCUT2D eigenvalue weighted by Gasteiger charge is -2.13. The number of amides is 1. The molecule has 0 saturated heterocycles. The number of carbonyl (C=O) groups is 2. The molecule has 3 aromatic heterocycles. The number of aliphatic hydroxyl groups is 1. The first-order valence-corrected chi connectivity index (χ1v) is 10.3. The van der Waals surface area contributed by atoms with Crippen LogP contribution in [-0.2, 0) is 4.79 Å². The first kappa shape index (κ1) is 21.3. The van der Waals surface area contributed by atoms with Crippen molar-refractivity contribution < 1.29 is 24.3 Å². The van der Waals surface area contributed by atoms with E-state index in [9.17, 15) is 14.7 Å². The number of pyridine rings is 1. The summed E-state index contributed by atoms with van der Waals surface area (Å²) in [6, 6.07) is 7.42. The molecule has 0 bridgehead atoms. The molecular formula is C20H18N6O5S. The Bertz CT molecular complexity index is 1320. The third-order valence-electron chi connectivity index (χ3n) is 4.54. The minimum atomic E-state index is -1.42. The van der Waals surface area contributed by atoms with E-state index in [2.05, 4.69) is 30.7 Å². The van der Waals surface area contributed by atoms with Crippen LogP contribution in [-0.4, -0.2) is 54.8 Å². The molecule has 0 spiro atoms. The van der Waals surface area contributed by atoms with Crippen LogP contribution in [0.2, 0.25) is 0 Å². The van der Waals surface area contributed by atoms with Gasteiger partial charge in [0.25, 0.3) is 5.91 Å². The molecule has 0 fully saturated rings. The Morgan fingerprint density at radius 1 is 1.22 bits per heavy atom. The molecule has 164 valence electrons. The summed E-state index contributed by atoms with van der Waals surface area (Å²) >= 11 is 0.825. The summed E-state index contributed by atoms with van der Waals surface area (Å²) in [6.45, 7) is 3.11. The van der Waals surface area contributed by atoms with Crippen molar-refractivity contribution in [3.63, 3.8) is 0 Å². The van der Waals surface area contributed by atoms with Gasteiger partial charge in [-0.1, -0.05) is 28.6 Å². The van der Waals surface area contributed by atoms with Gasteiger partial charge in [-0.3, -0.25) is 10.1 Å². The van der Waals surface area contributed by atoms with E-state index in [1.807, 2.05) is 24.3 Å². The summed E-state index contributed by atoms with van der Waals surface area (Å²) in [7, 11) is 0. The molecule has 0 saturated carbocycles. The summed E-state index contributed by atoms with van der Waals surface area (Å²) in [5.74, 6) is -0.482. The Kier molecular flexibility index (Phi) is 5.79. The highest BCUT2D eigenvalue weighted by atomic mass is 32.1. The Balaban J connectivity index is 1.47. The number of carbonyl (C=O) groups excluding carboxylic acids is 1. The van der Waals surface area contributed by atoms with Gasteiger partial charge in [0, 0.05) is 24.1 Å². The maximum absolute atomic E-state index is 12.3. The zero-order chi connectivity index (χ0) is 22.8. The third kappa shape index (κ3) is 4.40. The molecule has 3 heterocycles. The smallest absolute Gasteiger partial charge is 0.347 e. The second kappa shape index (κ2) is 8.69. The molecule has 0 aliphatic rings. The van der Waals surface area contributed by atoms with Crippen molar-refractivity contribution in [3.8, 4) is 11.4 Å². The number of benzene rings is 1. The van der Waals surface area contributed by atoms with Crippen LogP contribution >= 0.6 is 11.3 Å². The molecule has 4 aromatic rings. The van der Waals surface area contributed by atoms with E-state index < -0.39 is 18.0 Å². The SMILES string of the molecule is Cc1nc(-c2ccc3ccnc(NC[C@@H](O)C(=O)Nc4nc(C)c(C(=O)O)s4)c3c2)no1. The molecule has 4 rings (SSSR count). The minimum absolute atomic E-state index is 0.0282. The lowest BCUT2D eigenvalue weighted by atomic mass is 10.1. The first-order valence-electron chi connectivity index (χ1n) is 9.45. The van der Waals surface area contributed by atoms with Crippen LogP contribution in [0.25, 0.3) is 22.2 Å². The Morgan fingerprint density at radius 2 is 2.03 bits per heavy atom. The van der Waals surface area contributed by atoms with Crippen molar-refractivity contribution >= 4 is 44.9 Å². The number of hydrogen-bond donors (Lipinski definition) is 4. The van der Waals surface area contributed by atoms with Crippen molar-refractivity contribution in [1.29, 1.82) is 0 Å². The van der Waals surface area contributed by atoms with Gasteiger partial charge in [0.2, 0.25) is 11.7 Å². The molecule has 12 heteroatoms. The first-order chi connectivity index (χ1) is 15.3. The van der Waals surface area contributed by atoms with E-state index in [0.717, 1.165) is 27.7 Å². The monoisotopic (exact) mass is 454 g/mol. The second-order valence-electron chi connectivity index (χ2n) is 6.86. The second-order valence-corrected chi connectivity index (χ2v) is 7.86. The van der Waals surface area contributed by atoms with Gasteiger partial charge in [-0.25, -0.2) is 14.8 Å². The molecule has 0 radical (unpaired) electrons. The van der Waals surface area contributed by atoms with E-state index in [1.54, 1.807) is 13.1 Å². The number of hydrogen-bond acceptors (Lipinski definition) is 10. The van der Waals surface area contributed by atoms with Crippen LogP contribution in [0.3, 0.4) is 0 Å². The molecule has 0 aliphatic heterocycles. The number of fused-ring (bicyclic) bond motifs is 1. The van der Waals surface area contributed by atoms with Gasteiger partial charge in [-0.2, -0.15) is 4.98 Å². The van der Waals surface area contributed by atoms with E-state index in [0.29, 0.717) is 17.5 Å². The number of anilines is 2. The van der Waals surface area contributed by atoms with Gasteiger partial charge < -0.3 is 20.1 Å². The largest absolute Gasteiger partial charge is 0.477 e. The fraction of sp³-hybridized carbons (Fsp3) is 0.200. The van der Waals surface area contributed by atoms with Crippen molar-refractivity contribution in [3.05, 3.63) is 46.9 Å². The number of thiazole rings is 1. The van der Waals surface area contributed by atoms with Crippen molar-refractivity contribution in [2.24, 2.45) is 0 Å². The van der Waals surface area contributed by atoms with Gasteiger partial charge in [-0.05, 0) is 24.4 Å². The summed E-state index contributed by atoms with van der Waals surface area (Å²) < 4.78 is 5.03. The summed E-state index contributed by atoms with van der Waals surface area (Å²) in [5.41, 5.74) is 1.02. The predicted octanol–water partition coefficient (Wildman–Crippen LogP) is 2.47. The van der Waals surface area contributed by atoms with Gasteiger partial charge >= 0.3 is 5.97 Å². The molecule has 4 N–H and O–H groups in total. The molecule has 1 aromatic carbocycles. The van der Waals surface area contributed by atoms with Crippen LogP contribution in [0.1, 0.15) is 21.3 Å². The number of aryl methyl sites for hydroxylation is 2. The van der Waals surface area contributed by atoms with Crippen LogP contribution in [0.5, 0.6) is 0 Å². The number of aliphatic hydroxyl groups excluding tert-OH is 1. The highest BCUT2D eigenvalue weighted by Crippen LogP contribution is 2.27.